The molecule has 0 aromatic heterocycles. The van der Waals surface area contributed by atoms with E-state index in [1.165, 1.54) is 0 Å². The normalized spacial score (nSPS) is 15.2. The highest BCUT2D eigenvalue weighted by molar-refractivity contribution is 6.30. The van der Waals surface area contributed by atoms with Crippen LogP contribution in [0.25, 0.3) is 0 Å². The molecule has 0 bridgehead atoms. The highest BCUT2D eigenvalue weighted by atomic mass is 35.5. The molecule has 1 saturated heterocycles. The minimum Gasteiger partial charge on any atom is -0.493 e. The van der Waals surface area contributed by atoms with Crippen molar-refractivity contribution in [2.45, 2.75) is 13.0 Å². The summed E-state index contributed by atoms with van der Waals surface area (Å²) in [5.41, 5.74) is 7.87. The fourth-order valence-electron chi connectivity index (χ4n) is 3.60. The lowest BCUT2D eigenvalue weighted by molar-refractivity contribution is -0.125. The number of methoxy groups -OCH3 is 1. The summed E-state index contributed by atoms with van der Waals surface area (Å²) in [5, 5.41) is 1.25. The van der Waals surface area contributed by atoms with Gasteiger partial charge in [-0.2, -0.15) is 0 Å². The van der Waals surface area contributed by atoms with Crippen LogP contribution < -0.4 is 25.2 Å². The minimum atomic E-state index is -0.473. The number of nitrogens with one attached hydrogen (secondary N) is 2. The van der Waals surface area contributed by atoms with Gasteiger partial charge in [-0.1, -0.05) is 35.3 Å². The van der Waals surface area contributed by atoms with E-state index >= 15 is 0 Å². The average molecular weight is 500 g/mol. The Balaban J connectivity index is 1.33. The third-order valence-electron chi connectivity index (χ3n) is 5.44. The van der Waals surface area contributed by atoms with Crippen LogP contribution in [-0.2, 0) is 16.2 Å². The minimum absolute atomic E-state index is 0.105. The molecule has 1 heterocycles. The van der Waals surface area contributed by atoms with Crippen molar-refractivity contribution in [1.82, 2.24) is 5.43 Å². The standard InChI is InChI=1S/C25H23Cl2N3O4/c1-33-23-13-20(8-11-22(23)34-15-16-2-4-18(26)5-3-16)28-29-25(32)17-12-24(31)30(14-17)21-9-6-19(27)7-10-21/h2-11,13,17,28H,12,14-15H2,1H3,(H,29,32)/t17-/m1/s1. The number of halogens is 2. The molecular weight excluding hydrogens is 477 g/mol. The Morgan fingerprint density at radius 3 is 2.35 bits per heavy atom. The van der Waals surface area contributed by atoms with Crippen molar-refractivity contribution in [1.29, 1.82) is 0 Å². The van der Waals surface area contributed by atoms with Gasteiger partial charge in [-0.3, -0.25) is 20.4 Å². The molecule has 1 fully saturated rings. The molecule has 4 rings (SSSR count). The number of hydrogen-bond donors (Lipinski definition) is 2. The van der Waals surface area contributed by atoms with Crippen molar-refractivity contribution in [3.8, 4) is 11.5 Å². The van der Waals surface area contributed by atoms with Crippen molar-refractivity contribution in [3.63, 3.8) is 0 Å². The molecule has 7 nitrogen and oxygen atoms in total. The summed E-state index contributed by atoms with van der Waals surface area (Å²) >= 11 is 11.8. The molecule has 0 radical (unpaired) electrons. The Labute approximate surface area is 207 Å². The molecule has 0 unspecified atom stereocenters. The summed E-state index contributed by atoms with van der Waals surface area (Å²) in [6, 6.07) is 19.6. The first-order valence-electron chi connectivity index (χ1n) is 10.6. The lowest BCUT2D eigenvalue weighted by Crippen LogP contribution is -2.36. The Morgan fingerprint density at radius 2 is 1.68 bits per heavy atom. The highest BCUT2D eigenvalue weighted by Gasteiger charge is 2.35. The van der Waals surface area contributed by atoms with E-state index in [1.54, 1.807) is 66.6 Å². The van der Waals surface area contributed by atoms with Gasteiger partial charge < -0.3 is 14.4 Å². The molecule has 176 valence electrons. The lowest BCUT2D eigenvalue weighted by atomic mass is 10.1. The van der Waals surface area contributed by atoms with Gasteiger partial charge in [-0.05, 0) is 54.1 Å². The Kier molecular flexibility index (Phi) is 7.45. The summed E-state index contributed by atoms with van der Waals surface area (Å²) in [7, 11) is 1.54. The third-order valence-corrected chi connectivity index (χ3v) is 5.94. The first-order chi connectivity index (χ1) is 16.4. The topological polar surface area (TPSA) is 79.9 Å². The summed E-state index contributed by atoms with van der Waals surface area (Å²) in [6.45, 7) is 0.658. The summed E-state index contributed by atoms with van der Waals surface area (Å²) in [5.74, 6) is 0.227. The van der Waals surface area contributed by atoms with E-state index in [-0.39, 0.29) is 18.2 Å². The predicted molar refractivity (Wildman–Crippen MR) is 132 cm³/mol. The van der Waals surface area contributed by atoms with Gasteiger partial charge in [0.2, 0.25) is 11.8 Å². The summed E-state index contributed by atoms with van der Waals surface area (Å²) in [6.07, 6.45) is 0.136. The number of rotatable bonds is 8. The zero-order valence-electron chi connectivity index (χ0n) is 18.4. The maximum atomic E-state index is 12.7. The molecular formula is C25H23Cl2N3O4. The number of hydrogen-bond acceptors (Lipinski definition) is 5. The largest absolute Gasteiger partial charge is 0.493 e. The number of hydrazine groups is 1. The first-order valence-corrected chi connectivity index (χ1v) is 11.4. The molecule has 2 N–H and O–H groups in total. The van der Waals surface area contributed by atoms with Gasteiger partial charge in [0.05, 0.1) is 18.7 Å². The van der Waals surface area contributed by atoms with Crippen LogP contribution in [0.5, 0.6) is 11.5 Å². The van der Waals surface area contributed by atoms with Crippen LogP contribution in [-0.4, -0.2) is 25.5 Å². The third kappa shape index (κ3) is 5.73. The van der Waals surface area contributed by atoms with Crippen LogP contribution in [0.1, 0.15) is 12.0 Å². The lowest BCUT2D eigenvalue weighted by Gasteiger charge is -2.17. The maximum absolute atomic E-state index is 12.7. The number of amides is 2. The van der Waals surface area contributed by atoms with Crippen LogP contribution in [0.4, 0.5) is 11.4 Å². The molecule has 9 heteroatoms. The van der Waals surface area contributed by atoms with Gasteiger partial charge in [0.15, 0.2) is 11.5 Å². The number of benzene rings is 3. The molecule has 2 amide bonds. The second-order valence-electron chi connectivity index (χ2n) is 7.78. The fraction of sp³-hybridized carbons (Fsp3) is 0.200. The average Bonchev–Trinajstić information content (AvgIpc) is 3.24. The Bertz CT molecular complexity index is 1170. The number of carbonyl (C=O) groups is 2. The Hall–Kier alpha value is -3.42. The number of ether oxygens (including phenoxy) is 2. The molecule has 1 aliphatic rings. The monoisotopic (exact) mass is 499 g/mol. The Morgan fingerprint density at radius 1 is 1.00 bits per heavy atom. The quantitative estimate of drug-likeness (QED) is 0.422. The SMILES string of the molecule is COc1cc(NNC(=O)[C@@H]2CC(=O)N(c3ccc(Cl)cc3)C2)ccc1OCc1ccc(Cl)cc1. The van der Waals surface area contributed by atoms with Gasteiger partial charge in [0.25, 0.3) is 0 Å². The summed E-state index contributed by atoms with van der Waals surface area (Å²) < 4.78 is 11.3. The highest BCUT2D eigenvalue weighted by Crippen LogP contribution is 2.31. The van der Waals surface area contributed by atoms with Gasteiger partial charge in [-0.15, -0.1) is 0 Å². The van der Waals surface area contributed by atoms with Crippen molar-refractivity contribution >= 4 is 46.4 Å². The second kappa shape index (κ2) is 10.7. The van der Waals surface area contributed by atoms with Crippen molar-refractivity contribution in [2.24, 2.45) is 5.92 Å². The van der Waals surface area contributed by atoms with E-state index in [2.05, 4.69) is 10.9 Å². The van der Waals surface area contributed by atoms with Crippen LogP contribution in [0.3, 0.4) is 0 Å². The van der Waals surface area contributed by atoms with E-state index in [0.717, 1.165) is 11.3 Å². The second-order valence-corrected chi connectivity index (χ2v) is 8.65. The molecule has 34 heavy (non-hydrogen) atoms. The molecule has 0 saturated carbocycles. The van der Waals surface area contributed by atoms with Crippen LogP contribution in [0.2, 0.25) is 10.0 Å². The number of anilines is 2. The van der Waals surface area contributed by atoms with E-state index in [9.17, 15) is 9.59 Å². The van der Waals surface area contributed by atoms with Crippen LogP contribution in [0, 0.1) is 5.92 Å². The molecule has 1 atom stereocenters. The van der Waals surface area contributed by atoms with Crippen LogP contribution in [0.15, 0.2) is 66.7 Å². The van der Waals surface area contributed by atoms with Crippen molar-refractivity contribution in [3.05, 3.63) is 82.3 Å². The van der Waals surface area contributed by atoms with Crippen LogP contribution >= 0.6 is 23.2 Å². The molecule has 0 aliphatic carbocycles. The van der Waals surface area contributed by atoms with Gasteiger partial charge in [-0.25, -0.2) is 0 Å². The van der Waals surface area contributed by atoms with Crippen molar-refractivity contribution < 1.29 is 19.1 Å². The maximum Gasteiger partial charge on any atom is 0.243 e. The van der Waals surface area contributed by atoms with E-state index < -0.39 is 5.92 Å². The molecule has 1 aliphatic heterocycles. The van der Waals surface area contributed by atoms with Gasteiger partial charge >= 0.3 is 0 Å². The summed E-state index contributed by atoms with van der Waals surface area (Å²) in [4.78, 5) is 26.7. The molecule has 3 aromatic rings. The molecule has 0 spiro atoms. The van der Waals surface area contributed by atoms with Crippen molar-refractivity contribution in [2.75, 3.05) is 24.0 Å². The zero-order valence-corrected chi connectivity index (χ0v) is 19.9. The van der Waals surface area contributed by atoms with Gasteiger partial charge in [0.1, 0.15) is 6.61 Å². The zero-order chi connectivity index (χ0) is 24.1. The fourth-order valence-corrected chi connectivity index (χ4v) is 3.85. The number of nitrogens with zero attached hydrogens (tertiary/aromatic N) is 1. The van der Waals surface area contributed by atoms with E-state index in [0.29, 0.717) is 40.4 Å². The van der Waals surface area contributed by atoms with E-state index in [4.69, 9.17) is 32.7 Å². The smallest absolute Gasteiger partial charge is 0.243 e. The van der Waals surface area contributed by atoms with E-state index in [1.807, 2.05) is 12.1 Å². The van der Waals surface area contributed by atoms with Gasteiger partial charge in [0, 0.05) is 34.8 Å². The number of carbonyl (C=O) groups excluding carboxylic acids is 2. The molecule has 3 aromatic carbocycles. The first kappa shape index (κ1) is 23.7. The predicted octanol–water partition coefficient (Wildman–Crippen LogP) is 5.08.